The fourth-order valence-electron chi connectivity index (χ4n) is 3.95. The maximum Gasteiger partial charge on any atom is 0.170 e. The molecule has 3 aromatic rings. The summed E-state index contributed by atoms with van der Waals surface area (Å²) in [5.74, 6) is 0. The normalized spacial score (nSPS) is 18.9. The van der Waals surface area contributed by atoms with Crippen molar-refractivity contribution in [1.29, 1.82) is 0 Å². The van der Waals surface area contributed by atoms with Crippen molar-refractivity contribution >= 4 is 28.9 Å². The Kier molecular flexibility index (Phi) is 5.88. The predicted molar refractivity (Wildman–Crippen MR) is 123 cm³/mol. The van der Waals surface area contributed by atoms with Crippen molar-refractivity contribution in [2.75, 3.05) is 6.54 Å². The number of rotatable bonds is 6. The zero-order valence-corrected chi connectivity index (χ0v) is 18.2. The summed E-state index contributed by atoms with van der Waals surface area (Å²) < 4.78 is 2.23. The molecule has 0 aliphatic carbocycles. The molecule has 29 heavy (non-hydrogen) atoms. The van der Waals surface area contributed by atoms with Crippen LogP contribution < -0.4 is 5.32 Å². The van der Waals surface area contributed by atoms with Crippen LogP contribution in [-0.4, -0.2) is 26.1 Å². The van der Waals surface area contributed by atoms with Crippen LogP contribution in [0.3, 0.4) is 0 Å². The second-order valence-electron chi connectivity index (χ2n) is 7.41. The van der Waals surface area contributed by atoms with E-state index in [-0.39, 0.29) is 12.1 Å². The molecule has 6 heteroatoms. The van der Waals surface area contributed by atoms with Crippen molar-refractivity contribution in [3.63, 3.8) is 0 Å². The van der Waals surface area contributed by atoms with Gasteiger partial charge in [-0.1, -0.05) is 31.0 Å². The smallest absolute Gasteiger partial charge is 0.170 e. The lowest BCUT2D eigenvalue weighted by molar-refractivity contribution is 0.304. The lowest BCUT2D eigenvalue weighted by atomic mass is 10.0. The molecular formula is C23H25ClN4S. The van der Waals surface area contributed by atoms with E-state index in [2.05, 4.69) is 63.2 Å². The molecule has 0 spiro atoms. The van der Waals surface area contributed by atoms with E-state index < -0.39 is 0 Å². The van der Waals surface area contributed by atoms with E-state index in [1.54, 1.807) is 0 Å². The average Bonchev–Trinajstić information content (AvgIpc) is 3.33. The Bertz CT molecular complexity index is 1000. The number of hydrogen-bond donors (Lipinski definition) is 1. The highest BCUT2D eigenvalue weighted by molar-refractivity contribution is 7.80. The van der Waals surface area contributed by atoms with Gasteiger partial charge in [0.2, 0.25) is 0 Å². The molecule has 150 valence electrons. The fourth-order valence-corrected chi connectivity index (χ4v) is 4.39. The number of thiocarbonyl (C=S) groups is 1. The molecule has 0 radical (unpaired) electrons. The van der Waals surface area contributed by atoms with E-state index in [1.165, 1.54) is 5.69 Å². The molecule has 1 fully saturated rings. The molecule has 1 N–H and O–H groups in total. The molecule has 4 rings (SSSR count). The molecule has 0 saturated carbocycles. The van der Waals surface area contributed by atoms with Gasteiger partial charge in [0.1, 0.15) is 0 Å². The van der Waals surface area contributed by atoms with Gasteiger partial charge in [0.25, 0.3) is 0 Å². The van der Waals surface area contributed by atoms with Crippen molar-refractivity contribution in [2.24, 2.45) is 0 Å². The van der Waals surface area contributed by atoms with E-state index in [1.807, 2.05) is 31.3 Å². The van der Waals surface area contributed by atoms with Gasteiger partial charge in [-0.05, 0) is 73.6 Å². The van der Waals surface area contributed by atoms with Gasteiger partial charge in [-0.3, -0.25) is 4.98 Å². The van der Waals surface area contributed by atoms with Crippen molar-refractivity contribution in [3.8, 4) is 5.69 Å². The average molecular weight is 425 g/mol. The summed E-state index contributed by atoms with van der Waals surface area (Å²) in [7, 11) is 0. The summed E-state index contributed by atoms with van der Waals surface area (Å²) in [6.45, 7) is 5.16. The molecule has 4 nitrogen and oxygen atoms in total. The number of aryl methyl sites for hydroxylation is 1. The van der Waals surface area contributed by atoms with Crippen molar-refractivity contribution < 1.29 is 0 Å². The molecule has 2 unspecified atom stereocenters. The van der Waals surface area contributed by atoms with Gasteiger partial charge >= 0.3 is 0 Å². The second-order valence-corrected chi connectivity index (χ2v) is 8.20. The van der Waals surface area contributed by atoms with Crippen molar-refractivity contribution in [3.05, 3.63) is 82.9 Å². The van der Waals surface area contributed by atoms with Crippen LogP contribution in [0.2, 0.25) is 5.02 Å². The first-order chi connectivity index (χ1) is 14.1. The van der Waals surface area contributed by atoms with Gasteiger partial charge < -0.3 is 14.8 Å². The summed E-state index contributed by atoms with van der Waals surface area (Å²) >= 11 is 12.0. The molecule has 1 aliphatic heterocycles. The molecule has 2 aromatic heterocycles. The topological polar surface area (TPSA) is 33.1 Å². The van der Waals surface area contributed by atoms with Crippen LogP contribution in [0.25, 0.3) is 5.69 Å². The van der Waals surface area contributed by atoms with Crippen molar-refractivity contribution in [2.45, 2.75) is 38.8 Å². The quantitative estimate of drug-likeness (QED) is 0.521. The Morgan fingerprint density at radius 2 is 2.03 bits per heavy atom. The highest BCUT2D eigenvalue weighted by atomic mass is 35.5. The van der Waals surface area contributed by atoms with Gasteiger partial charge in [0.15, 0.2) is 5.11 Å². The maximum absolute atomic E-state index is 6.26. The van der Waals surface area contributed by atoms with Gasteiger partial charge in [-0.15, -0.1) is 0 Å². The highest BCUT2D eigenvalue weighted by Crippen LogP contribution is 2.39. The van der Waals surface area contributed by atoms with E-state index in [0.717, 1.165) is 46.5 Å². The van der Waals surface area contributed by atoms with Gasteiger partial charge in [-0.25, -0.2) is 0 Å². The number of benzene rings is 1. The van der Waals surface area contributed by atoms with Gasteiger partial charge in [-0.2, -0.15) is 0 Å². The van der Waals surface area contributed by atoms with Crippen LogP contribution in [0.4, 0.5) is 0 Å². The molecule has 0 bridgehead atoms. The zero-order valence-electron chi connectivity index (χ0n) is 16.7. The minimum Gasteiger partial charge on any atom is -0.352 e. The van der Waals surface area contributed by atoms with Crippen LogP contribution in [0.1, 0.15) is 48.8 Å². The third-order valence-corrected chi connectivity index (χ3v) is 6.23. The Hall–Kier alpha value is -2.37. The van der Waals surface area contributed by atoms with E-state index in [4.69, 9.17) is 23.8 Å². The molecule has 2 atom stereocenters. The van der Waals surface area contributed by atoms with Crippen LogP contribution in [0.15, 0.2) is 60.9 Å². The zero-order chi connectivity index (χ0) is 20.4. The Morgan fingerprint density at radius 1 is 1.17 bits per heavy atom. The standard InChI is InChI=1S/C23H25ClN4S/c1-3-4-13-28-22(21(26-23(28)29)19-8-5-6-12-25-19)20-9-7-14-27(20)17-10-11-18(24)16(2)15-17/h5-12,14-15,21-22H,3-4,13H2,1-2H3,(H,26,29). The molecule has 1 aromatic carbocycles. The Morgan fingerprint density at radius 3 is 2.76 bits per heavy atom. The Labute approximate surface area is 182 Å². The molecular weight excluding hydrogens is 400 g/mol. The van der Waals surface area contributed by atoms with Crippen LogP contribution in [0, 0.1) is 6.92 Å². The SMILES string of the molecule is CCCCN1C(=S)NC(c2ccccn2)C1c1cccn1-c1ccc(Cl)c(C)c1. The number of pyridine rings is 1. The minimum absolute atomic E-state index is 0.00241. The molecule has 1 aliphatic rings. The summed E-state index contributed by atoms with van der Waals surface area (Å²) in [6.07, 6.45) is 6.16. The first kappa shape index (κ1) is 19.9. The number of unbranched alkanes of at least 4 members (excludes halogenated alkanes) is 1. The minimum atomic E-state index is 0.00241. The summed E-state index contributed by atoms with van der Waals surface area (Å²) in [5.41, 5.74) is 4.35. The van der Waals surface area contributed by atoms with E-state index in [0.29, 0.717) is 0 Å². The number of aromatic nitrogens is 2. The highest BCUT2D eigenvalue weighted by Gasteiger charge is 2.40. The van der Waals surface area contributed by atoms with Gasteiger partial charge in [0, 0.05) is 35.3 Å². The summed E-state index contributed by atoms with van der Waals surface area (Å²) in [4.78, 5) is 6.93. The first-order valence-electron chi connectivity index (χ1n) is 10.0. The fraction of sp³-hybridized carbons (Fsp3) is 0.304. The van der Waals surface area contributed by atoms with E-state index >= 15 is 0 Å². The molecule has 3 heterocycles. The number of nitrogens with one attached hydrogen (secondary N) is 1. The number of hydrogen-bond acceptors (Lipinski definition) is 2. The lowest BCUT2D eigenvalue weighted by Crippen LogP contribution is -2.31. The lowest BCUT2D eigenvalue weighted by Gasteiger charge is -2.29. The number of halogens is 1. The monoisotopic (exact) mass is 424 g/mol. The predicted octanol–water partition coefficient (Wildman–Crippen LogP) is 5.61. The molecule has 1 saturated heterocycles. The van der Waals surface area contributed by atoms with Crippen LogP contribution in [-0.2, 0) is 0 Å². The third kappa shape index (κ3) is 3.89. The van der Waals surface area contributed by atoms with Crippen molar-refractivity contribution in [1.82, 2.24) is 19.8 Å². The maximum atomic E-state index is 6.26. The molecule has 0 amide bonds. The summed E-state index contributed by atoms with van der Waals surface area (Å²) in [5, 5.41) is 5.10. The first-order valence-corrected chi connectivity index (χ1v) is 10.8. The third-order valence-electron chi connectivity index (χ3n) is 5.45. The van der Waals surface area contributed by atoms with E-state index in [9.17, 15) is 0 Å². The van der Waals surface area contributed by atoms with Crippen LogP contribution >= 0.6 is 23.8 Å². The largest absolute Gasteiger partial charge is 0.352 e. The second kappa shape index (κ2) is 8.56. The Balaban J connectivity index is 1.79. The van der Waals surface area contributed by atoms with Crippen LogP contribution in [0.5, 0.6) is 0 Å². The summed E-state index contributed by atoms with van der Waals surface area (Å²) in [6, 6.07) is 16.5. The number of nitrogens with zero attached hydrogens (tertiary/aromatic N) is 3. The van der Waals surface area contributed by atoms with Gasteiger partial charge in [0.05, 0.1) is 17.8 Å².